The number of pyridine rings is 2. The first kappa shape index (κ1) is 25.6. The fraction of sp³-hybridized carbons (Fsp3) is 0.185. The molecule has 3 aliphatic rings. The van der Waals surface area contributed by atoms with Gasteiger partial charge in [0.05, 0.1) is 16.8 Å². The van der Waals surface area contributed by atoms with Crippen molar-refractivity contribution < 1.29 is 18.0 Å². The molecule has 0 bridgehead atoms. The maximum Gasteiger partial charge on any atom is 0.416 e. The Bertz CT molecular complexity index is 1810. The molecule has 0 aliphatic carbocycles. The minimum atomic E-state index is -4.57. The normalized spacial score (nSPS) is 13.4. The zero-order valence-corrected chi connectivity index (χ0v) is 22.1. The van der Waals surface area contributed by atoms with Crippen LogP contribution in [0.5, 0.6) is 0 Å². The summed E-state index contributed by atoms with van der Waals surface area (Å²) in [5.41, 5.74) is 2.97. The van der Waals surface area contributed by atoms with Crippen LogP contribution in [0.25, 0.3) is 22.5 Å². The van der Waals surface area contributed by atoms with E-state index < -0.39 is 17.6 Å². The number of alkyl halides is 3. The standard InChI is InChI=1S/C27H21F3N8OS/c1-14-3-4-18(35-25(39)21-10-17(5-6-31-21)27(28,29)30)11-19(14)20-9-16-12-34-26(36-22-13-33-15(2)40-22)37-23(16)38-8-7-32-24(20)38/h3-6,9-13,32H,7-8H2,1-2H3,(H,35,39)/b36-26-. The molecular weight excluding hydrogens is 541 g/mol. The summed E-state index contributed by atoms with van der Waals surface area (Å²) in [6.07, 6.45) is -0.189. The highest BCUT2D eigenvalue weighted by Gasteiger charge is 2.31. The molecule has 5 heterocycles. The van der Waals surface area contributed by atoms with Crippen molar-refractivity contribution in [3.63, 3.8) is 0 Å². The smallest absolute Gasteiger partial charge is 0.369 e. The number of hydrogen-bond acceptors (Lipinski definition) is 8. The van der Waals surface area contributed by atoms with Crippen LogP contribution >= 0.6 is 11.3 Å². The molecule has 40 heavy (non-hydrogen) atoms. The number of aromatic nitrogens is 5. The highest BCUT2D eigenvalue weighted by atomic mass is 32.1. The lowest BCUT2D eigenvalue weighted by atomic mass is 9.98. The Balaban J connectivity index is 1.37. The number of rotatable bonds is 4. The van der Waals surface area contributed by atoms with Gasteiger partial charge < -0.3 is 15.2 Å². The molecule has 1 aromatic carbocycles. The number of hydrogen-bond donors (Lipinski definition) is 2. The van der Waals surface area contributed by atoms with Crippen LogP contribution in [-0.4, -0.2) is 37.0 Å². The summed E-state index contributed by atoms with van der Waals surface area (Å²) < 4.78 is 41.4. The third kappa shape index (κ3) is 4.91. The van der Waals surface area contributed by atoms with Gasteiger partial charge in [-0.3, -0.25) is 9.78 Å². The highest BCUT2D eigenvalue weighted by molar-refractivity contribution is 7.15. The molecule has 3 aromatic rings. The van der Waals surface area contributed by atoms with Gasteiger partial charge in [-0.2, -0.15) is 23.1 Å². The molecule has 1 amide bonds. The molecule has 0 unspecified atom stereocenters. The van der Waals surface area contributed by atoms with Crippen molar-refractivity contribution in [2.75, 3.05) is 17.2 Å². The number of carbonyl (C=O) groups excluding carboxylic acids is 1. The first-order valence-corrected chi connectivity index (χ1v) is 13.0. The van der Waals surface area contributed by atoms with Crippen LogP contribution in [0.15, 0.2) is 60.0 Å². The topological polar surface area (TPSA) is 110 Å². The number of thiazole rings is 1. The van der Waals surface area contributed by atoms with E-state index in [1.807, 2.05) is 26.0 Å². The van der Waals surface area contributed by atoms with E-state index in [0.717, 1.165) is 62.2 Å². The maximum atomic E-state index is 13.1. The lowest BCUT2D eigenvalue weighted by Gasteiger charge is -2.19. The predicted molar refractivity (Wildman–Crippen MR) is 145 cm³/mol. The number of aryl methyl sites for hydroxylation is 2. The van der Waals surface area contributed by atoms with Gasteiger partial charge in [0.25, 0.3) is 11.5 Å². The van der Waals surface area contributed by atoms with Gasteiger partial charge >= 0.3 is 6.18 Å². The summed E-state index contributed by atoms with van der Waals surface area (Å²) in [6.45, 7) is 5.24. The molecule has 0 saturated heterocycles. The second-order valence-corrected chi connectivity index (χ2v) is 10.4. The Morgan fingerprint density at radius 3 is 2.70 bits per heavy atom. The second kappa shape index (κ2) is 9.83. The molecular formula is C27H21F3N8OS. The van der Waals surface area contributed by atoms with Crippen LogP contribution in [0.4, 0.5) is 29.7 Å². The van der Waals surface area contributed by atoms with Crippen molar-refractivity contribution in [1.29, 1.82) is 0 Å². The van der Waals surface area contributed by atoms with Crippen molar-refractivity contribution in [2.45, 2.75) is 26.6 Å². The quantitative estimate of drug-likeness (QED) is 0.302. The van der Waals surface area contributed by atoms with Crippen LogP contribution in [0, 0.1) is 13.8 Å². The van der Waals surface area contributed by atoms with Gasteiger partial charge in [0, 0.05) is 42.3 Å². The fourth-order valence-corrected chi connectivity index (χ4v) is 5.18. The Hall–Kier alpha value is -4.65. The number of carbonyl (C=O) groups is 1. The van der Waals surface area contributed by atoms with Crippen molar-refractivity contribution in [2.24, 2.45) is 4.99 Å². The van der Waals surface area contributed by atoms with Crippen LogP contribution < -0.4 is 16.3 Å². The molecule has 0 fully saturated rings. The zero-order valence-electron chi connectivity index (χ0n) is 21.2. The third-order valence-corrected chi connectivity index (χ3v) is 7.22. The molecule has 2 aromatic heterocycles. The van der Waals surface area contributed by atoms with Crippen LogP contribution in [0.2, 0.25) is 0 Å². The Labute approximate surface area is 229 Å². The van der Waals surface area contributed by atoms with E-state index in [9.17, 15) is 18.0 Å². The van der Waals surface area contributed by atoms with E-state index in [-0.39, 0.29) is 5.69 Å². The number of amides is 1. The number of nitrogens with zero attached hydrogens (tertiary/aromatic N) is 6. The van der Waals surface area contributed by atoms with Crippen LogP contribution in [0.3, 0.4) is 0 Å². The second-order valence-electron chi connectivity index (χ2n) is 9.17. The molecule has 0 atom stereocenters. The van der Waals surface area contributed by atoms with Gasteiger partial charge in [0.15, 0.2) is 0 Å². The molecule has 0 saturated carbocycles. The first-order valence-electron chi connectivity index (χ1n) is 12.2. The summed E-state index contributed by atoms with van der Waals surface area (Å²) in [7, 11) is 0. The van der Waals surface area contributed by atoms with Crippen molar-refractivity contribution in [3.8, 4) is 22.5 Å². The lowest BCUT2D eigenvalue weighted by Crippen LogP contribution is -2.17. The molecule has 2 N–H and O–H groups in total. The molecule has 0 radical (unpaired) electrons. The molecule has 0 spiro atoms. The minimum Gasteiger partial charge on any atom is -0.369 e. The Morgan fingerprint density at radius 2 is 1.93 bits per heavy atom. The summed E-state index contributed by atoms with van der Waals surface area (Å²) >= 11 is 1.46. The van der Waals surface area contributed by atoms with Crippen molar-refractivity contribution >= 4 is 33.8 Å². The number of nitrogens with one attached hydrogen (secondary N) is 2. The molecule has 202 valence electrons. The van der Waals surface area contributed by atoms with E-state index in [1.165, 1.54) is 11.3 Å². The summed E-state index contributed by atoms with van der Waals surface area (Å²) in [6, 6.07) is 8.87. The van der Waals surface area contributed by atoms with E-state index >= 15 is 0 Å². The number of halogens is 3. The third-order valence-electron chi connectivity index (χ3n) is 6.42. The Kier molecular flexibility index (Phi) is 6.29. The zero-order chi connectivity index (χ0) is 28.0. The Morgan fingerprint density at radius 1 is 1.07 bits per heavy atom. The van der Waals surface area contributed by atoms with Crippen molar-refractivity contribution in [1.82, 2.24) is 24.5 Å². The minimum absolute atomic E-state index is 0.326. The van der Waals surface area contributed by atoms with E-state index in [0.29, 0.717) is 24.4 Å². The van der Waals surface area contributed by atoms with Crippen molar-refractivity contribution in [3.05, 3.63) is 82.4 Å². The summed E-state index contributed by atoms with van der Waals surface area (Å²) in [5, 5.41) is 7.73. The molecule has 13 heteroatoms. The largest absolute Gasteiger partial charge is 0.416 e. The summed E-state index contributed by atoms with van der Waals surface area (Å²) in [4.78, 5) is 34.4. The number of anilines is 2. The van der Waals surface area contributed by atoms with Gasteiger partial charge in [0.1, 0.15) is 22.3 Å². The van der Waals surface area contributed by atoms with E-state index in [4.69, 9.17) is 4.98 Å². The fourth-order valence-electron chi connectivity index (χ4n) is 4.54. The maximum absolute atomic E-state index is 13.1. The van der Waals surface area contributed by atoms with Gasteiger partial charge in [-0.1, -0.05) is 17.4 Å². The number of fused-ring (bicyclic) bond motifs is 3. The molecule has 9 nitrogen and oxygen atoms in total. The van der Waals surface area contributed by atoms with Gasteiger partial charge in [-0.15, -0.1) is 0 Å². The molecule has 3 aliphatic heterocycles. The summed E-state index contributed by atoms with van der Waals surface area (Å²) in [5.74, 6) is 0.853. The van der Waals surface area contributed by atoms with Gasteiger partial charge in [-0.05, 0) is 55.3 Å². The number of benzene rings is 1. The van der Waals surface area contributed by atoms with E-state index in [1.54, 1.807) is 24.5 Å². The molecule has 6 rings (SSSR count). The van der Waals surface area contributed by atoms with Gasteiger partial charge in [-0.25, -0.2) is 9.97 Å². The lowest BCUT2D eigenvalue weighted by molar-refractivity contribution is -0.137. The SMILES string of the molecule is Cc1ncc(/N=c2/ncc3cc(-c4cc(NC(=O)c5cc(C(F)(F)F)ccn5)ccc4C)c4n(c-3n2)CCN4)s1. The first-order chi connectivity index (χ1) is 19.2. The van der Waals surface area contributed by atoms with E-state index in [2.05, 4.69) is 35.1 Å². The monoisotopic (exact) mass is 562 g/mol. The van der Waals surface area contributed by atoms with Crippen LogP contribution in [-0.2, 0) is 12.7 Å². The van der Waals surface area contributed by atoms with Gasteiger partial charge in [0.2, 0.25) is 0 Å². The average molecular weight is 563 g/mol. The average Bonchev–Trinajstić information content (AvgIpc) is 3.58. The highest BCUT2D eigenvalue weighted by Crippen LogP contribution is 2.39. The predicted octanol–water partition coefficient (Wildman–Crippen LogP) is 5.45. The van der Waals surface area contributed by atoms with Crippen LogP contribution in [0.1, 0.15) is 26.6 Å².